The van der Waals surface area contributed by atoms with Crippen molar-refractivity contribution in [2.24, 2.45) is 5.92 Å². The molecule has 2 aliphatic rings. The highest BCUT2D eigenvalue weighted by atomic mass is 16.2. The van der Waals surface area contributed by atoms with E-state index in [4.69, 9.17) is 0 Å². The summed E-state index contributed by atoms with van der Waals surface area (Å²) in [5, 5.41) is 3.40. The summed E-state index contributed by atoms with van der Waals surface area (Å²) in [5.41, 5.74) is 0. The second-order valence-electron chi connectivity index (χ2n) is 5.13. The number of carbonyl (C=O) groups is 1. The zero-order valence-corrected chi connectivity index (χ0v) is 9.83. The van der Waals surface area contributed by atoms with Crippen LogP contribution in [0.2, 0.25) is 0 Å². The number of rotatable bonds is 4. The van der Waals surface area contributed by atoms with E-state index in [1.165, 1.54) is 32.1 Å². The Morgan fingerprint density at radius 1 is 1.33 bits per heavy atom. The molecule has 86 valence electrons. The van der Waals surface area contributed by atoms with Gasteiger partial charge in [-0.25, -0.2) is 0 Å². The Hall–Kier alpha value is -0.570. The summed E-state index contributed by atoms with van der Waals surface area (Å²) in [6.45, 7) is 2.81. The van der Waals surface area contributed by atoms with E-state index in [9.17, 15) is 4.79 Å². The first-order valence-corrected chi connectivity index (χ1v) is 6.17. The van der Waals surface area contributed by atoms with Gasteiger partial charge >= 0.3 is 0 Å². The normalized spacial score (nSPS) is 30.5. The molecular formula is C12H22N2O. The zero-order chi connectivity index (χ0) is 10.8. The summed E-state index contributed by atoms with van der Waals surface area (Å²) < 4.78 is 0. The van der Waals surface area contributed by atoms with Gasteiger partial charge in [0.15, 0.2) is 0 Å². The summed E-state index contributed by atoms with van der Waals surface area (Å²) in [5.74, 6) is 1.00. The molecule has 0 bridgehead atoms. The second kappa shape index (κ2) is 4.52. The third-order valence-corrected chi connectivity index (χ3v) is 3.86. The Kier molecular flexibility index (Phi) is 3.29. The molecule has 0 aromatic heterocycles. The lowest BCUT2D eigenvalue weighted by atomic mass is 10.1. The van der Waals surface area contributed by atoms with Crippen molar-refractivity contribution in [2.75, 3.05) is 13.6 Å². The summed E-state index contributed by atoms with van der Waals surface area (Å²) in [7, 11) is 1.93. The molecule has 2 saturated carbocycles. The number of carbonyl (C=O) groups excluding carboxylic acids is 1. The van der Waals surface area contributed by atoms with Gasteiger partial charge in [-0.1, -0.05) is 13.3 Å². The lowest BCUT2D eigenvalue weighted by Crippen LogP contribution is -2.41. The minimum atomic E-state index is 0.261. The maximum atomic E-state index is 11.8. The van der Waals surface area contributed by atoms with Crippen LogP contribution in [0, 0.1) is 5.92 Å². The van der Waals surface area contributed by atoms with Crippen molar-refractivity contribution in [3.8, 4) is 0 Å². The van der Waals surface area contributed by atoms with Crippen molar-refractivity contribution in [2.45, 2.75) is 51.1 Å². The number of hydrogen-bond donors (Lipinski definition) is 1. The molecule has 0 heterocycles. The van der Waals surface area contributed by atoms with E-state index in [1.807, 2.05) is 11.9 Å². The molecule has 1 N–H and O–H groups in total. The molecule has 0 aromatic rings. The number of likely N-dealkylation sites (N-methyl/N-ethyl adjacent to an activating group) is 1. The summed E-state index contributed by atoms with van der Waals surface area (Å²) >= 11 is 0. The minimum Gasteiger partial charge on any atom is -0.342 e. The summed E-state index contributed by atoms with van der Waals surface area (Å²) in [6.07, 6.45) is 6.25. The monoisotopic (exact) mass is 210 g/mol. The van der Waals surface area contributed by atoms with Crippen molar-refractivity contribution in [3.63, 3.8) is 0 Å². The Labute approximate surface area is 92.2 Å². The highest BCUT2D eigenvalue weighted by molar-refractivity contribution is 5.78. The van der Waals surface area contributed by atoms with Crippen LogP contribution in [0.3, 0.4) is 0 Å². The molecular weight excluding hydrogens is 188 g/mol. The lowest BCUT2D eigenvalue weighted by Gasteiger charge is -2.20. The van der Waals surface area contributed by atoms with Crippen LogP contribution in [0.1, 0.15) is 39.0 Å². The van der Waals surface area contributed by atoms with Gasteiger partial charge in [0.2, 0.25) is 5.91 Å². The van der Waals surface area contributed by atoms with E-state index in [0.29, 0.717) is 18.6 Å². The predicted molar refractivity (Wildman–Crippen MR) is 60.6 cm³/mol. The predicted octanol–water partition coefficient (Wildman–Crippen LogP) is 1.39. The van der Waals surface area contributed by atoms with Gasteiger partial charge in [0.1, 0.15) is 0 Å². The van der Waals surface area contributed by atoms with E-state index in [0.717, 1.165) is 5.92 Å². The van der Waals surface area contributed by atoms with Gasteiger partial charge in [0.25, 0.3) is 0 Å². The maximum absolute atomic E-state index is 11.8. The topological polar surface area (TPSA) is 32.3 Å². The van der Waals surface area contributed by atoms with Crippen LogP contribution in [-0.4, -0.2) is 36.5 Å². The molecule has 0 aliphatic heterocycles. The quantitative estimate of drug-likeness (QED) is 0.760. The lowest BCUT2D eigenvalue weighted by molar-refractivity contribution is -0.129. The molecule has 2 rings (SSSR count). The highest BCUT2D eigenvalue weighted by Gasteiger charge is 2.30. The molecule has 1 amide bonds. The smallest absolute Gasteiger partial charge is 0.236 e. The third-order valence-electron chi connectivity index (χ3n) is 3.86. The van der Waals surface area contributed by atoms with Crippen molar-refractivity contribution < 1.29 is 4.79 Å². The molecule has 0 saturated heterocycles. The fourth-order valence-electron chi connectivity index (χ4n) is 2.46. The molecule has 2 aliphatic carbocycles. The summed E-state index contributed by atoms with van der Waals surface area (Å²) in [4.78, 5) is 13.7. The highest BCUT2D eigenvalue weighted by Crippen LogP contribution is 2.26. The van der Waals surface area contributed by atoms with Crippen molar-refractivity contribution >= 4 is 5.91 Å². The van der Waals surface area contributed by atoms with Crippen molar-refractivity contribution in [1.29, 1.82) is 0 Å². The molecule has 3 nitrogen and oxygen atoms in total. The van der Waals surface area contributed by atoms with Gasteiger partial charge in [-0.15, -0.1) is 0 Å². The minimum absolute atomic E-state index is 0.261. The number of nitrogens with one attached hydrogen (secondary N) is 1. The molecule has 3 heteroatoms. The van der Waals surface area contributed by atoms with Gasteiger partial charge < -0.3 is 10.2 Å². The molecule has 2 fully saturated rings. The van der Waals surface area contributed by atoms with E-state index in [2.05, 4.69) is 12.2 Å². The molecule has 0 spiro atoms. The molecule has 0 radical (unpaired) electrons. The third kappa shape index (κ3) is 2.71. The number of nitrogens with zero attached hydrogens (tertiary/aromatic N) is 1. The van der Waals surface area contributed by atoms with Crippen LogP contribution >= 0.6 is 0 Å². The van der Waals surface area contributed by atoms with E-state index in [-0.39, 0.29) is 5.91 Å². The Morgan fingerprint density at radius 3 is 2.60 bits per heavy atom. The van der Waals surface area contributed by atoms with E-state index >= 15 is 0 Å². The van der Waals surface area contributed by atoms with Crippen LogP contribution in [0.4, 0.5) is 0 Å². The average Bonchev–Trinajstić information content (AvgIpc) is 2.99. The molecule has 15 heavy (non-hydrogen) atoms. The van der Waals surface area contributed by atoms with Gasteiger partial charge in [-0.3, -0.25) is 4.79 Å². The zero-order valence-electron chi connectivity index (χ0n) is 9.83. The van der Waals surface area contributed by atoms with Crippen LogP contribution in [0.15, 0.2) is 0 Å². The SMILES string of the molecule is CC1CCCC1NCC(=O)N(C)C1CC1. The van der Waals surface area contributed by atoms with Gasteiger partial charge in [0, 0.05) is 19.1 Å². The first kappa shape index (κ1) is 10.9. The Balaban J connectivity index is 1.70. The van der Waals surface area contributed by atoms with Gasteiger partial charge in [-0.05, 0) is 31.6 Å². The Morgan fingerprint density at radius 2 is 2.07 bits per heavy atom. The average molecular weight is 210 g/mol. The van der Waals surface area contributed by atoms with Gasteiger partial charge in [-0.2, -0.15) is 0 Å². The largest absolute Gasteiger partial charge is 0.342 e. The first-order valence-electron chi connectivity index (χ1n) is 6.17. The maximum Gasteiger partial charge on any atom is 0.236 e. The first-order chi connectivity index (χ1) is 7.18. The number of amides is 1. The van der Waals surface area contributed by atoms with Gasteiger partial charge in [0.05, 0.1) is 6.54 Å². The second-order valence-corrected chi connectivity index (χ2v) is 5.13. The fourth-order valence-corrected chi connectivity index (χ4v) is 2.46. The van der Waals surface area contributed by atoms with E-state index in [1.54, 1.807) is 0 Å². The molecule has 2 unspecified atom stereocenters. The van der Waals surface area contributed by atoms with Crippen molar-refractivity contribution in [3.05, 3.63) is 0 Å². The van der Waals surface area contributed by atoms with Crippen LogP contribution in [0.25, 0.3) is 0 Å². The van der Waals surface area contributed by atoms with E-state index < -0.39 is 0 Å². The molecule has 2 atom stereocenters. The fraction of sp³-hybridized carbons (Fsp3) is 0.917. The standard InChI is InChI=1S/C12H22N2O/c1-9-4-3-5-11(9)13-8-12(15)14(2)10-6-7-10/h9-11,13H,3-8H2,1-2H3. The summed E-state index contributed by atoms with van der Waals surface area (Å²) in [6, 6.07) is 1.11. The molecule has 0 aromatic carbocycles. The van der Waals surface area contributed by atoms with Crippen LogP contribution < -0.4 is 5.32 Å². The number of hydrogen-bond acceptors (Lipinski definition) is 2. The van der Waals surface area contributed by atoms with Crippen molar-refractivity contribution in [1.82, 2.24) is 10.2 Å². The van der Waals surface area contributed by atoms with Crippen LogP contribution in [-0.2, 0) is 4.79 Å². The van der Waals surface area contributed by atoms with Crippen LogP contribution in [0.5, 0.6) is 0 Å². The Bertz CT molecular complexity index is 238.